The van der Waals surface area contributed by atoms with E-state index in [1.165, 1.54) is 6.20 Å². The molecule has 100 valence electrons. The Morgan fingerprint density at radius 1 is 1.42 bits per heavy atom. The minimum atomic E-state index is -0.170. The molecule has 0 spiro atoms. The zero-order valence-corrected chi connectivity index (χ0v) is 11.0. The van der Waals surface area contributed by atoms with Crippen molar-refractivity contribution >= 4 is 5.91 Å². The molecular weight excluding hydrogens is 244 g/mol. The monoisotopic (exact) mass is 260 g/mol. The van der Waals surface area contributed by atoms with Crippen molar-refractivity contribution < 1.29 is 9.53 Å². The topological polar surface area (TPSA) is 69.0 Å². The van der Waals surface area contributed by atoms with Gasteiger partial charge in [-0.05, 0) is 19.1 Å². The van der Waals surface area contributed by atoms with Crippen LogP contribution >= 0.6 is 0 Å². The van der Waals surface area contributed by atoms with Gasteiger partial charge in [-0.25, -0.2) is 4.98 Å². The van der Waals surface area contributed by atoms with Gasteiger partial charge in [-0.15, -0.1) is 0 Å². The van der Waals surface area contributed by atoms with Crippen molar-refractivity contribution in [3.05, 3.63) is 41.9 Å². The molecule has 0 bridgehead atoms. The highest BCUT2D eigenvalue weighted by molar-refractivity contribution is 5.93. The molecule has 0 aliphatic rings. The number of pyridine rings is 1. The van der Waals surface area contributed by atoms with E-state index in [0.29, 0.717) is 24.6 Å². The Morgan fingerprint density at radius 3 is 2.84 bits per heavy atom. The number of hydrogen-bond acceptors (Lipinski definition) is 4. The highest BCUT2D eigenvalue weighted by Gasteiger charge is 2.07. The quantitative estimate of drug-likeness (QED) is 0.875. The summed E-state index contributed by atoms with van der Waals surface area (Å²) in [6, 6.07) is 5.23. The molecular formula is C13H16N4O2. The number of nitrogens with one attached hydrogen (secondary N) is 1. The molecule has 6 heteroatoms. The molecule has 1 N–H and O–H groups in total. The Balaban J connectivity index is 1.94. The molecule has 2 rings (SSSR count). The molecule has 0 saturated heterocycles. The second-order valence-corrected chi connectivity index (χ2v) is 3.95. The molecule has 0 aromatic carbocycles. The van der Waals surface area contributed by atoms with E-state index < -0.39 is 0 Å². The third-order valence-corrected chi connectivity index (χ3v) is 2.64. The Morgan fingerprint density at radius 2 is 2.26 bits per heavy atom. The second-order valence-electron chi connectivity index (χ2n) is 3.95. The number of aromatic nitrogens is 3. The molecule has 6 nitrogen and oxygen atoms in total. The van der Waals surface area contributed by atoms with Gasteiger partial charge in [0.05, 0.1) is 24.4 Å². The van der Waals surface area contributed by atoms with Gasteiger partial charge in [-0.2, -0.15) is 5.10 Å². The summed E-state index contributed by atoms with van der Waals surface area (Å²) in [5.74, 6) is 0.349. The van der Waals surface area contributed by atoms with Crippen molar-refractivity contribution in [2.75, 3.05) is 6.61 Å². The summed E-state index contributed by atoms with van der Waals surface area (Å²) in [5.41, 5.74) is 1.44. The van der Waals surface area contributed by atoms with Gasteiger partial charge in [0.15, 0.2) is 0 Å². The van der Waals surface area contributed by atoms with Gasteiger partial charge in [0.1, 0.15) is 0 Å². The lowest BCUT2D eigenvalue weighted by Crippen LogP contribution is -2.24. The van der Waals surface area contributed by atoms with E-state index in [-0.39, 0.29) is 5.91 Å². The third-order valence-electron chi connectivity index (χ3n) is 2.64. The smallest absolute Gasteiger partial charge is 0.253 e. The van der Waals surface area contributed by atoms with Crippen LogP contribution in [0, 0.1) is 0 Å². The number of hydrogen-bond donors (Lipinski definition) is 1. The average molecular weight is 260 g/mol. The highest BCUT2D eigenvalue weighted by atomic mass is 16.5. The van der Waals surface area contributed by atoms with E-state index in [4.69, 9.17) is 4.74 Å². The maximum atomic E-state index is 11.9. The lowest BCUT2D eigenvalue weighted by Gasteiger charge is -2.06. The molecule has 2 aromatic rings. The number of carbonyl (C=O) groups is 1. The predicted molar refractivity (Wildman–Crippen MR) is 69.8 cm³/mol. The molecule has 2 aromatic heterocycles. The van der Waals surface area contributed by atoms with Crippen LogP contribution in [0.2, 0.25) is 0 Å². The first kappa shape index (κ1) is 13.1. The van der Waals surface area contributed by atoms with Crippen LogP contribution < -0.4 is 10.1 Å². The maximum absolute atomic E-state index is 11.9. The standard InChI is InChI=1S/C13H16N4O2/c1-3-19-12-5-4-10(8-14-12)13(18)15-9-11-6-7-16-17(11)2/h4-8H,3,9H2,1-2H3,(H,15,18). The second kappa shape index (κ2) is 5.99. The average Bonchev–Trinajstić information content (AvgIpc) is 2.83. The van der Waals surface area contributed by atoms with Gasteiger partial charge in [0, 0.05) is 25.5 Å². The highest BCUT2D eigenvalue weighted by Crippen LogP contribution is 2.07. The van der Waals surface area contributed by atoms with Gasteiger partial charge < -0.3 is 10.1 Å². The Bertz CT molecular complexity index is 548. The van der Waals surface area contributed by atoms with Crippen molar-refractivity contribution in [3.8, 4) is 5.88 Å². The van der Waals surface area contributed by atoms with Crippen molar-refractivity contribution in [1.82, 2.24) is 20.1 Å². The molecule has 0 unspecified atom stereocenters. The molecule has 0 aliphatic heterocycles. The van der Waals surface area contributed by atoms with E-state index in [1.54, 1.807) is 23.0 Å². The van der Waals surface area contributed by atoms with Gasteiger partial charge in [0.25, 0.3) is 5.91 Å². The third kappa shape index (κ3) is 3.31. The lowest BCUT2D eigenvalue weighted by molar-refractivity contribution is 0.0949. The number of rotatable bonds is 5. The Hall–Kier alpha value is -2.37. The molecule has 19 heavy (non-hydrogen) atoms. The van der Waals surface area contributed by atoms with Gasteiger partial charge in [-0.3, -0.25) is 9.48 Å². The van der Waals surface area contributed by atoms with Crippen molar-refractivity contribution in [2.45, 2.75) is 13.5 Å². The first-order valence-electron chi connectivity index (χ1n) is 6.04. The van der Waals surface area contributed by atoms with Crippen LogP contribution in [0.25, 0.3) is 0 Å². The van der Waals surface area contributed by atoms with E-state index >= 15 is 0 Å². The van der Waals surface area contributed by atoms with E-state index in [0.717, 1.165) is 5.69 Å². The number of carbonyl (C=O) groups excluding carboxylic acids is 1. The van der Waals surface area contributed by atoms with Gasteiger partial charge in [-0.1, -0.05) is 0 Å². The summed E-state index contributed by atoms with van der Waals surface area (Å²) < 4.78 is 6.94. The van der Waals surface area contributed by atoms with Crippen LogP contribution in [0.3, 0.4) is 0 Å². The van der Waals surface area contributed by atoms with Crippen LogP contribution in [-0.2, 0) is 13.6 Å². The van der Waals surface area contributed by atoms with E-state index in [9.17, 15) is 4.79 Å². The fourth-order valence-electron chi connectivity index (χ4n) is 1.60. The number of nitrogens with zero attached hydrogens (tertiary/aromatic N) is 3. The van der Waals surface area contributed by atoms with Crippen LogP contribution in [0.5, 0.6) is 5.88 Å². The van der Waals surface area contributed by atoms with E-state index in [2.05, 4.69) is 15.4 Å². The normalized spacial score (nSPS) is 10.2. The Labute approximate surface area is 111 Å². The number of ether oxygens (including phenoxy) is 1. The number of aryl methyl sites for hydroxylation is 1. The summed E-state index contributed by atoms with van der Waals surface area (Å²) in [7, 11) is 1.83. The zero-order chi connectivity index (χ0) is 13.7. The summed E-state index contributed by atoms with van der Waals surface area (Å²) >= 11 is 0. The Kier molecular flexibility index (Phi) is 4.12. The molecule has 0 aliphatic carbocycles. The summed E-state index contributed by atoms with van der Waals surface area (Å²) in [5, 5.41) is 6.85. The van der Waals surface area contributed by atoms with E-state index in [1.807, 2.05) is 20.0 Å². The zero-order valence-electron chi connectivity index (χ0n) is 11.0. The van der Waals surface area contributed by atoms with Crippen LogP contribution in [0.15, 0.2) is 30.6 Å². The van der Waals surface area contributed by atoms with Crippen molar-refractivity contribution in [1.29, 1.82) is 0 Å². The predicted octanol–water partition coefficient (Wildman–Crippen LogP) is 1.14. The minimum absolute atomic E-state index is 0.170. The van der Waals surface area contributed by atoms with Gasteiger partial charge >= 0.3 is 0 Å². The summed E-state index contributed by atoms with van der Waals surface area (Å²) in [6.45, 7) is 2.87. The molecule has 1 amide bonds. The number of amides is 1. The fourth-order valence-corrected chi connectivity index (χ4v) is 1.60. The largest absolute Gasteiger partial charge is 0.478 e. The minimum Gasteiger partial charge on any atom is -0.478 e. The lowest BCUT2D eigenvalue weighted by atomic mass is 10.2. The van der Waals surface area contributed by atoms with Gasteiger partial charge in [0.2, 0.25) is 5.88 Å². The fraction of sp³-hybridized carbons (Fsp3) is 0.308. The molecule has 0 radical (unpaired) electrons. The van der Waals surface area contributed by atoms with Crippen LogP contribution in [0.4, 0.5) is 0 Å². The van der Waals surface area contributed by atoms with Crippen molar-refractivity contribution in [3.63, 3.8) is 0 Å². The summed E-state index contributed by atoms with van der Waals surface area (Å²) in [6.07, 6.45) is 3.20. The van der Waals surface area contributed by atoms with Crippen molar-refractivity contribution in [2.24, 2.45) is 7.05 Å². The first-order valence-corrected chi connectivity index (χ1v) is 6.04. The molecule has 0 fully saturated rings. The summed E-state index contributed by atoms with van der Waals surface area (Å²) in [4.78, 5) is 16.0. The van der Waals surface area contributed by atoms with Crippen LogP contribution in [0.1, 0.15) is 23.0 Å². The van der Waals surface area contributed by atoms with Crippen LogP contribution in [-0.4, -0.2) is 27.3 Å². The maximum Gasteiger partial charge on any atom is 0.253 e. The molecule has 2 heterocycles. The SMILES string of the molecule is CCOc1ccc(C(=O)NCc2ccnn2C)cn1. The molecule has 0 saturated carbocycles. The first-order chi connectivity index (χ1) is 9.20. The molecule has 0 atom stereocenters.